The quantitative estimate of drug-likeness (QED) is 0.164. The molecular formula is C55H39NS. The number of benzene rings is 9. The molecule has 57 heavy (non-hydrogen) atoms. The molecule has 1 aliphatic carbocycles. The van der Waals surface area contributed by atoms with E-state index >= 15 is 0 Å². The fourth-order valence-corrected chi connectivity index (χ4v) is 10.4. The minimum Gasteiger partial charge on any atom is -0.310 e. The molecule has 0 bridgehead atoms. The van der Waals surface area contributed by atoms with E-state index in [4.69, 9.17) is 0 Å². The highest BCUT2D eigenvalue weighted by Gasteiger charge is 2.35. The zero-order chi connectivity index (χ0) is 38.1. The van der Waals surface area contributed by atoms with Crippen LogP contribution in [0.5, 0.6) is 0 Å². The third-order valence-electron chi connectivity index (χ3n) is 12.1. The Morgan fingerprint density at radius 1 is 0.368 bits per heavy atom. The van der Waals surface area contributed by atoms with Crippen molar-refractivity contribution in [1.82, 2.24) is 0 Å². The van der Waals surface area contributed by atoms with Crippen LogP contribution in [0.15, 0.2) is 200 Å². The molecule has 0 radical (unpaired) electrons. The van der Waals surface area contributed by atoms with Crippen molar-refractivity contribution in [2.45, 2.75) is 19.3 Å². The number of rotatable bonds is 6. The monoisotopic (exact) mass is 745 g/mol. The summed E-state index contributed by atoms with van der Waals surface area (Å²) in [5.74, 6) is 0. The summed E-state index contributed by atoms with van der Waals surface area (Å²) < 4.78 is 2.65. The Hall–Kier alpha value is -6.74. The van der Waals surface area contributed by atoms with E-state index in [0.29, 0.717) is 0 Å². The summed E-state index contributed by atoms with van der Waals surface area (Å²) in [6.07, 6.45) is 0. The van der Waals surface area contributed by atoms with E-state index in [0.717, 1.165) is 17.1 Å². The minimum absolute atomic E-state index is 0.108. The Labute approximate surface area is 337 Å². The molecule has 0 unspecified atom stereocenters. The molecule has 1 nitrogen and oxygen atoms in total. The molecular weight excluding hydrogens is 707 g/mol. The SMILES string of the molecule is CC1(C)c2ccccc2-c2ccc(N(c3ccc(-c4cccc5sc6ccccc6c45)cc3)c3cccc(-c4cccc(-c5cccc6ccccc56)c4)c3)cc21. The summed E-state index contributed by atoms with van der Waals surface area (Å²) in [4.78, 5) is 2.43. The zero-order valence-corrected chi connectivity index (χ0v) is 32.7. The predicted octanol–water partition coefficient (Wildman–Crippen LogP) is 16.0. The van der Waals surface area contributed by atoms with Crippen LogP contribution in [0.4, 0.5) is 17.1 Å². The lowest BCUT2D eigenvalue weighted by Gasteiger charge is -2.28. The summed E-state index contributed by atoms with van der Waals surface area (Å²) in [5.41, 5.74) is 16.0. The summed E-state index contributed by atoms with van der Waals surface area (Å²) in [6, 6.07) is 73.9. The fraction of sp³-hybridized carbons (Fsp3) is 0.0545. The third kappa shape index (κ3) is 5.51. The van der Waals surface area contributed by atoms with Crippen molar-refractivity contribution in [1.29, 1.82) is 0 Å². The standard InChI is InChI=1S/C55H39NS/c1-55(2)50-24-7-5-20-47(50)48-32-31-43(35-51(48)55)56(41-29-27-37(28-30-41)46-23-12-26-53-54(46)49-21-6-8-25-52(49)57-53)42-18-10-16-39(34-42)38-15-9-17-40(33-38)45-22-11-14-36-13-3-4-19-44(36)45/h3-35H,1-2H3. The topological polar surface area (TPSA) is 3.24 Å². The molecule has 0 spiro atoms. The van der Waals surface area contributed by atoms with E-state index in [1.807, 2.05) is 11.3 Å². The van der Waals surface area contributed by atoms with Crippen molar-refractivity contribution in [3.05, 3.63) is 211 Å². The van der Waals surface area contributed by atoms with Crippen molar-refractivity contribution in [2.24, 2.45) is 0 Å². The van der Waals surface area contributed by atoms with Crippen molar-refractivity contribution < 1.29 is 0 Å². The lowest BCUT2D eigenvalue weighted by atomic mass is 9.82. The number of anilines is 3. The first-order chi connectivity index (χ1) is 28.0. The first kappa shape index (κ1) is 33.6. The van der Waals surface area contributed by atoms with Gasteiger partial charge in [-0.15, -0.1) is 11.3 Å². The van der Waals surface area contributed by atoms with E-state index in [2.05, 4.69) is 219 Å². The molecule has 0 amide bonds. The second kappa shape index (κ2) is 13.2. The van der Waals surface area contributed by atoms with Crippen molar-refractivity contribution in [3.63, 3.8) is 0 Å². The molecule has 1 aliphatic rings. The number of thiophene rings is 1. The first-order valence-electron chi connectivity index (χ1n) is 19.8. The average molecular weight is 746 g/mol. The molecule has 0 aliphatic heterocycles. The maximum absolute atomic E-state index is 2.43. The maximum Gasteiger partial charge on any atom is 0.0467 e. The molecule has 10 aromatic rings. The molecule has 1 aromatic heterocycles. The van der Waals surface area contributed by atoms with E-state index < -0.39 is 0 Å². The van der Waals surface area contributed by atoms with Gasteiger partial charge in [0.15, 0.2) is 0 Å². The van der Waals surface area contributed by atoms with Crippen molar-refractivity contribution in [2.75, 3.05) is 4.90 Å². The van der Waals surface area contributed by atoms with Gasteiger partial charge >= 0.3 is 0 Å². The normalized spacial score (nSPS) is 12.9. The summed E-state index contributed by atoms with van der Waals surface area (Å²) in [5, 5.41) is 5.18. The van der Waals surface area contributed by atoms with Crippen LogP contribution in [0.3, 0.4) is 0 Å². The Morgan fingerprint density at radius 2 is 0.965 bits per heavy atom. The second-order valence-corrected chi connectivity index (χ2v) is 16.8. The molecule has 270 valence electrons. The second-order valence-electron chi connectivity index (χ2n) is 15.7. The molecule has 0 saturated heterocycles. The first-order valence-corrected chi connectivity index (χ1v) is 20.6. The number of hydrogen-bond donors (Lipinski definition) is 0. The summed E-state index contributed by atoms with van der Waals surface area (Å²) in [7, 11) is 0. The Kier molecular flexibility index (Phi) is 7.77. The lowest BCUT2D eigenvalue weighted by molar-refractivity contribution is 0.660. The number of fused-ring (bicyclic) bond motifs is 7. The fourth-order valence-electron chi connectivity index (χ4n) is 9.25. The number of nitrogens with zero attached hydrogens (tertiary/aromatic N) is 1. The molecule has 0 N–H and O–H groups in total. The van der Waals surface area contributed by atoms with Gasteiger partial charge in [-0.1, -0.05) is 159 Å². The molecule has 2 heteroatoms. The minimum atomic E-state index is -0.108. The molecule has 0 atom stereocenters. The maximum atomic E-state index is 2.43. The highest BCUT2D eigenvalue weighted by molar-refractivity contribution is 7.25. The van der Waals surface area contributed by atoms with Gasteiger partial charge in [-0.25, -0.2) is 0 Å². The smallest absolute Gasteiger partial charge is 0.0467 e. The van der Waals surface area contributed by atoms with Crippen molar-refractivity contribution >= 4 is 59.3 Å². The third-order valence-corrected chi connectivity index (χ3v) is 13.2. The Bertz CT molecular complexity index is 3160. The van der Waals surface area contributed by atoms with Crippen LogP contribution in [-0.4, -0.2) is 0 Å². The predicted molar refractivity (Wildman–Crippen MR) is 245 cm³/mol. The van der Waals surface area contributed by atoms with Gasteiger partial charge < -0.3 is 4.90 Å². The van der Waals surface area contributed by atoms with Crippen LogP contribution in [0.1, 0.15) is 25.0 Å². The molecule has 1 heterocycles. The van der Waals surface area contributed by atoms with Gasteiger partial charge in [0.2, 0.25) is 0 Å². The van der Waals surface area contributed by atoms with Gasteiger partial charge in [0, 0.05) is 42.6 Å². The van der Waals surface area contributed by atoms with Gasteiger partial charge in [-0.05, 0) is 121 Å². The van der Waals surface area contributed by atoms with E-state index in [1.165, 1.54) is 86.6 Å². The average Bonchev–Trinajstić information content (AvgIpc) is 3.76. The van der Waals surface area contributed by atoms with Crippen LogP contribution in [0.2, 0.25) is 0 Å². The van der Waals surface area contributed by atoms with Gasteiger partial charge in [-0.3, -0.25) is 0 Å². The van der Waals surface area contributed by atoms with Gasteiger partial charge in [0.1, 0.15) is 0 Å². The van der Waals surface area contributed by atoms with Gasteiger partial charge in [-0.2, -0.15) is 0 Å². The molecule has 0 saturated carbocycles. The summed E-state index contributed by atoms with van der Waals surface area (Å²) in [6.45, 7) is 4.72. The zero-order valence-electron chi connectivity index (χ0n) is 31.9. The largest absolute Gasteiger partial charge is 0.310 e. The summed E-state index contributed by atoms with van der Waals surface area (Å²) >= 11 is 1.87. The Balaban J connectivity index is 1.04. The van der Waals surface area contributed by atoms with Crippen molar-refractivity contribution in [3.8, 4) is 44.5 Å². The number of hydrogen-bond acceptors (Lipinski definition) is 2. The molecule has 9 aromatic carbocycles. The van der Waals surface area contributed by atoms with Crippen LogP contribution in [0.25, 0.3) is 75.5 Å². The van der Waals surface area contributed by atoms with Crippen LogP contribution < -0.4 is 4.90 Å². The molecule has 0 fully saturated rings. The molecule has 11 rings (SSSR count). The van der Waals surface area contributed by atoms with Gasteiger partial charge in [0.25, 0.3) is 0 Å². The van der Waals surface area contributed by atoms with Crippen LogP contribution >= 0.6 is 11.3 Å². The van der Waals surface area contributed by atoms with Crippen LogP contribution in [0, 0.1) is 0 Å². The highest BCUT2D eigenvalue weighted by Crippen LogP contribution is 2.51. The van der Waals surface area contributed by atoms with Crippen LogP contribution in [-0.2, 0) is 5.41 Å². The lowest BCUT2D eigenvalue weighted by Crippen LogP contribution is -2.16. The highest BCUT2D eigenvalue weighted by atomic mass is 32.1. The van der Waals surface area contributed by atoms with Gasteiger partial charge in [0.05, 0.1) is 0 Å². The Morgan fingerprint density at radius 3 is 1.86 bits per heavy atom. The van der Waals surface area contributed by atoms with E-state index in [-0.39, 0.29) is 5.41 Å². The van der Waals surface area contributed by atoms with E-state index in [1.54, 1.807) is 0 Å². The van der Waals surface area contributed by atoms with E-state index in [9.17, 15) is 0 Å².